The lowest BCUT2D eigenvalue weighted by Gasteiger charge is -2.21. The molecule has 0 aliphatic rings. The Hall–Kier alpha value is -1.59. The zero-order valence-electron chi connectivity index (χ0n) is 10.6. The Balaban J connectivity index is 2.01. The van der Waals surface area contributed by atoms with Crippen LogP contribution >= 0.6 is 0 Å². The zero-order valence-corrected chi connectivity index (χ0v) is 10.6. The second-order valence-corrected chi connectivity index (χ2v) is 5.27. The van der Waals surface area contributed by atoms with Crippen LogP contribution in [-0.2, 0) is 6.54 Å². The molecule has 1 aromatic carbocycles. The summed E-state index contributed by atoms with van der Waals surface area (Å²) in [4.78, 5) is 13.6. The molecule has 0 bridgehead atoms. The molecule has 0 unspecified atom stereocenters. The number of rotatable bonds is 5. The van der Waals surface area contributed by atoms with Crippen molar-refractivity contribution in [3.05, 3.63) is 34.3 Å². The van der Waals surface area contributed by atoms with E-state index in [1.807, 2.05) is 32.0 Å². The first-order chi connectivity index (χ1) is 8.50. The summed E-state index contributed by atoms with van der Waals surface area (Å²) < 4.78 is 5.00. The summed E-state index contributed by atoms with van der Waals surface area (Å²) in [5.74, 6) is -0.434. The minimum absolute atomic E-state index is 0.134. The van der Waals surface area contributed by atoms with Crippen LogP contribution in [0.15, 0.2) is 27.4 Å². The fourth-order valence-electron chi connectivity index (χ4n) is 1.70. The quantitative estimate of drug-likeness (QED) is 0.745. The third-order valence-electron chi connectivity index (χ3n) is 2.85. The molecule has 0 radical (unpaired) electrons. The zero-order chi connectivity index (χ0) is 13.2. The van der Waals surface area contributed by atoms with Crippen LogP contribution < -0.4 is 11.1 Å². The van der Waals surface area contributed by atoms with Gasteiger partial charge in [-0.05, 0) is 17.7 Å². The highest BCUT2D eigenvalue weighted by atomic mass is 16.4. The highest BCUT2D eigenvalue weighted by molar-refractivity contribution is 5.72. The van der Waals surface area contributed by atoms with Crippen LogP contribution in [0.3, 0.4) is 0 Å². The van der Waals surface area contributed by atoms with Gasteiger partial charge in [-0.2, -0.15) is 0 Å². The summed E-state index contributed by atoms with van der Waals surface area (Å²) in [5.41, 5.74) is 2.18. The molecule has 0 atom stereocenters. The van der Waals surface area contributed by atoms with Gasteiger partial charge in [0.2, 0.25) is 0 Å². The van der Waals surface area contributed by atoms with Crippen molar-refractivity contribution in [3.8, 4) is 0 Å². The maximum Gasteiger partial charge on any atom is 0.417 e. The molecular weight excluding hydrogens is 232 g/mol. The van der Waals surface area contributed by atoms with Crippen LogP contribution in [0.25, 0.3) is 11.1 Å². The summed E-state index contributed by atoms with van der Waals surface area (Å²) in [5, 5.41) is 12.4. The topological polar surface area (TPSA) is 78.3 Å². The fourth-order valence-corrected chi connectivity index (χ4v) is 1.70. The van der Waals surface area contributed by atoms with E-state index in [1.54, 1.807) is 0 Å². The second kappa shape index (κ2) is 4.96. The Morgan fingerprint density at radius 2 is 2.22 bits per heavy atom. The van der Waals surface area contributed by atoms with Crippen LogP contribution in [0.5, 0.6) is 0 Å². The van der Waals surface area contributed by atoms with E-state index in [0.29, 0.717) is 17.6 Å². The number of aromatic nitrogens is 1. The van der Waals surface area contributed by atoms with Gasteiger partial charge in [-0.1, -0.05) is 19.9 Å². The number of benzene rings is 1. The van der Waals surface area contributed by atoms with Crippen LogP contribution in [0.4, 0.5) is 0 Å². The number of H-pyrrole nitrogens is 1. The van der Waals surface area contributed by atoms with E-state index in [-0.39, 0.29) is 12.0 Å². The summed E-state index contributed by atoms with van der Waals surface area (Å²) in [7, 11) is 0. The van der Waals surface area contributed by atoms with Gasteiger partial charge in [-0.25, -0.2) is 4.79 Å². The first-order valence-electron chi connectivity index (χ1n) is 5.93. The Morgan fingerprint density at radius 1 is 1.44 bits per heavy atom. The lowest BCUT2D eigenvalue weighted by atomic mass is 9.95. The maximum atomic E-state index is 11.0. The van der Waals surface area contributed by atoms with Crippen molar-refractivity contribution in [2.75, 3.05) is 13.2 Å². The van der Waals surface area contributed by atoms with Gasteiger partial charge in [-0.15, -0.1) is 0 Å². The van der Waals surface area contributed by atoms with Gasteiger partial charge in [0.1, 0.15) is 0 Å². The van der Waals surface area contributed by atoms with Gasteiger partial charge < -0.3 is 14.8 Å². The smallest absolute Gasteiger partial charge is 0.408 e. The van der Waals surface area contributed by atoms with E-state index in [0.717, 1.165) is 12.1 Å². The van der Waals surface area contributed by atoms with Crippen molar-refractivity contribution >= 4 is 11.1 Å². The number of hydrogen-bond acceptors (Lipinski definition) is 4. The van der Waals surface area contributed by atoms with Crippen molar-refractivity contribution in [2.24, 2.45) is 5.41 Å². The standard InChI is InChI=1S/C13H18N2O3/c1-13(2,8-16)7-14-6-9-3-4-10-11(5-9)18-12(17)15-10/h3-5,14,16H,6-8H2,1-2H3,(H,15,17). The largest absolute Gasteiger partial charge is 0.417 e. The number of aliphatic hydroxyl groups is 1. The van der Waals surface area contributed by atoms with Crippen LogP contribution in [0.2, 0.25) is 0 Å². The van der Waals surface area contributed by atoms with Gasteiger partial charge in [0.15, 0.2) is 5.58 Å². The molecule has 98 valence electrons. The Bertz CT molecular complexity index is 583. The molecule has 3 N–H and O–H groups in total. The van der Waals surface area contributed by atoms with Gasteiger partial charge in [0.05, 0.1) is 5.52 Å². The lowest BCUT2D eigenvalue weighted by molar-refractivity contribution is 0.156. The van der Waals surface area contributed by atoms with Crippen molar-refractivity contribution < 1.29 is 9.52 Å². The average molecular weight is 250 g/mol. The highest BCUT2D eigenvalue weighted by Crippen LogP contribution is 2.14. The van der Waals surface area contributed by atoms with Crippen molar-refractivity contribution in [1.82, 2.24) is 10.3 Å². The first kappa shape index (κ1) is 12.9. The normalized spacial score (nSPS) is 12.2. The maximum absolute atomic E-state index is 11.0. The van der Waals surface area contributed by atoms with Crippen molar-refractivity contribution in [1.29, 1.82) is 0 Å². The van der Waals surface area contributed by atoms with Crippen molar-refractivity contribution in [2.45, 2.75) is 20.4 Å². The predicted octanol–water partition coefficient (Wildman–Crippen LogP) is 1.23. The van der Waals surface area contributed by atoms with Crippen LogP contribution in [-0.4, -0.2) is 23.2 Å². The van der Waals surface area contributed by atoms with Gasteiger partial charge in [-0.3, -0.25) is 4.98 Å². The lowest BCUT2D eigenvalue weighted by Crippen LogP contribution is -2.31. The summed E-state index contributed by atoms with van der Waals surface area (Å²) in [6.45, 7) is 5.53. The number of aromatic amines is 1. The summed E-state index contributed by atoms with van der Waals surface area (Å²) in [6, 6.07) is 5.60. The summed E-state index contributed by atoms with van der Waals surface area (Å²) >= 11 is 0. The monoisotopic (exact) mass is 250 g/mol. The molecular formula is C13H18N2O3. The molecule has 0 saturated heterocycles. The van der Waals surface area contributed by atoms with E-state index >= 15 is 0 Å². The Morgan fingerprint density at radius 3 is 2.94 bits per heavy atom. The van der Waals surface area contributed by atoms with Gasteiger partial charge in [0, 0.05) is 25.1 Å². The molecule has 0 saturated carbocycles. The molecule has 0 aliphatic carbocycles. The third-order valence-corrected chi connectivity index (χ3v) is 2.85. The number of nitrogens with one attached hydrogen (secondary N) is 2. The van der Waals surface area contributed by atoms with E-state index in [4.69, 9.17) is 9.52 Å². The molecule has 2 aromatic rings. The molecule has 0 amide bonds. The van der Waals surface area contributed by atoms with Gasteiger partial charge >= 0.3 is 5.76 Å². The van der Waals surface area contributed by atoms with Crippen LogP contribution in [0.1, 0.15) is 19.4 Å². The molecule has 1 aromatic heterocycles. The Kier molecular flexibility index (Phi) is 3.54. The van der Waals surface area contributed by atoms with E-state index in [9.17, 15) is 4.79 Å². The average Bonchev–Trinajstić information content (AvgIpc) is 2.68. The molecule has 0 spiro atoms. The molecule has 5 nitrogen and oxygen atoms in total. The van der Waals surface area contributed by atoms with E-state index in [1.165, 1.54) is 0 Å². The molecule has 0 aliphatic heterocycles. The van der Waals surface area contributed by atoms with Crippen molar-refractivity contribution in [3.63, 3.8) is 0 Å². The molecule has 2 rings (SSSR count). The van der Waals surface area contributed by atoms with E-state index in [2.05, 4.69) is 10.3 Å². The second-order valence-electron chi connectivity index (χ2n) is 5.27. The minimum Gasteiger partial charge on any atom is -0.408 e. The molecule has 1 heterocycles. The first-order valence-corrected chi connectivity index (χ1v) is 5.93. The predicted molar refractivity (Wildman–Crippen MR) is 69.4 cm³/mol. The van der Waals surface area contributed by atoms with E-state index < -0.39 is 5.76 Å². The Labute approximate surface area is 105 Å². The third kappa shape index (κ3) is 3.00. The number of fused-ring (bicyclic) bond motifs is 1. The summed E-state index contributed by atoms with van der Waals surface area (Å²) in [6.07, 6.45) is 0. The highest BCUT2D eigenvalue weighted by Gasteiger charge is 2.15. The molecule has 5 heteroatoms. The minimum atomic E-state index is -0.434. The fraction of sp³-hybridized carbons (Fsp3) is 0.462. The van der Waals surface area contributed by atoms with Crippen LogP contribution in [0, 0.1) is 5.41 Å². The molecule has 18 heavy (non-hydrogen) atoms. The SMILES string of the molecule is CC(C)(CO)CNCc1ccc2[nH]c(=O)oc2c1. The number of oxazole rings is 1. The number of hydrogen-bond donors (Lipinski definition) is 3. The number of aliphatic hydroxyl groups excluding tert-OH is 1. The molecule has 0 fully saturated rings. The van der Waals surface area contributed by atoms with Gasteiger partial charge in [0.25, 0.3) is 0 Å².